The van der Waals surface area contributed by atoms with E-state index in [2.05, 4.69) is 18.7 Å². The molecule has 1 aromatic rings. The average Bonchev–Trinajstić information content (AvgIpc) is 2.16. The summed E-state index contributed by atoms with van der Waals surface area (Å²) in [6.07, 6.45) is 0. The summed E-state index contributed by atoms with van der Waals surface area (Å²) in [5, 5.41) is 8.61. The van der Waals surface area contributed by atoms with Crippen molar-refractivity contribution in [2.75, 3.05) is 7.11 Å². The van der Waals surface area contributed by atoms with Gasteiger partial charge in [-0.25, -0.2) is 0 Å². The van der Waals surface area contributed by atoms with Gasteiger partial charge in [0.05, 0.1) is 18.7 Å². The van der Waals surface area contributed by atoms with Crippen molar-refractivity contribution in [3.63, 3.8) is 0 Å². The molecule has 0 saturated heterocycles. The topological polar surface area (TPSA) is 33.0 Å². The Labute approximate surface area is 77.2 Å². The lowest BCUT2D eigenvalue weighted by Gasteiger charge is -2.05. The summed E-state index contributed by atoms with van der Waals surface area (Å²) in [6, 6.07) is 7.36. The standard InChI is InChI=1S/C9H9NOS/c1-11-9-3-2-7(5-10)4-8(9)6-12/h2-4,12H,6H2,1H3. The fourth-order valence-corrected chi connectivity index (χ4v) is 1.22. The van der Waals surface area contributed by atoms with Crippen LogP contribution < -0.4 is 4.74 Å². The number of benzene rings is 1. The van der Waals surface area contributed by atoms with E-state index in [-0.39, 0.29) is 0 Å². The molecular formula is C9H9NOS. The third-order valence-electron chi connectivity index (χ3n) is 1.58. The molecule has 62 valence electrons. The first-order valence-electron chi connectivity index (χ1n) is 3.49. The van der Waals surface area contributed by atoms with E-state index >= 15 is 0 Å². The maximum atomic E-state index is 8.61. The van der Waals surface area contributed by atoms with Crippen LogP contribution in [-0.2, 0) is 5.75 Å². The molecule has 0 atom stereocenters. The van der Waals surface area contributed by atoms with E-state index in [1.807, 2.05) is 0 Å². The van der Waals surface area contributed by atoms with Gasteiger partial charge in [-0.2, -0.15) is 17.9 Å². The van der Waals surface area contributed by atoms with Gasteiger partial charge in [-0.15, -0.1) is 0 Å². The first-order valence-corrected chi connectivity index (χ1v) is 4.13. The number of thiol groups is 1. The predicted molar refractivity (Wildman–Crippen MR) is 50.4 cm³/mol. The molecule has 1 aromatic carbocycles. The molecule has 0 spiro atoms. The Morgan fingerprint density at radius 1 is 1.58 bits per heavy atom. The number of methoxy groups -OCH3 is 1. The molecule has 0 radical (unpaired) electrons. The Bertz CT molecular complexity index is 317. The number of nitriles is 1. The van der Waals surface area contributed by atoms with Crippen LogP contribution in [0.25, 0.3) is 0 Å². The Hall–Kier alpha value is -1.14. The zero-order chi connectivity index (χ0) is 8.97. The molecule has 0 amide bonds. The number of nitrogens with zero attached hydrogens (tertiary/aromatic N) is 1. The van der Waals surface area contributed by atoms with Crippen molar-refractivity contribution in [2.24, 2.45) is 0 Å². The smallest absolute Gasteiger partial charge is 0.122 e. The van der Waals surface area contributed by atoms with Crippen LogP contribution in [0.4, 0.5) is 0 Å². The second kappa shape index (κ2) is 4.03. The summed E-state index contributed by atoms with van der Waals surface area (Å²) >= 11 is 4.13. The molecule has 0 unspecified atom stereocenters. The van der Waals surface area contributed by atoms with Gasteiger partial charge >= 0.3 is 0 Å². The van der Waals surface area contributed by atoms with Crippen LogP contribution in [-0.4, -0.2) is 7.11 Å². The van der Waals surface area contributed by atoms with Gasteiger partial charge in [-0.1, -0.05) is 0 Å². The maximum Gasteiger partial charge on any atom is 0.122 e. The van der Waals surface area contributed by atoms with E-state index < -0.39 is 0 Å². The van der Waals surface area contributed by atoms with Crippen molar-refractivity contribution in [1.29, 1.82) is 5.26 Å². The van der Waals surface area contributed by atoms with Gasteiger partial charge in [0.2, 0.25) is 0 Å². The van der Waals surface area contributed by atoms with Crippen LogP contribution in [0.1, 0.15) is 11.1 Å². The molecule has 0 heterocycles. The molecule has 0 aliphatic rings. The average molecular weight is 179 g/mol. The summed E-state index contributed by atoms with van der Waals surface area (Å²) in [5.41, 5.74) is 1.58. The minimum atomic E-state index is 0.582. The third kappa shape index (κ3) is 1.72. The Morgan fingerprint density at radius 3 is 2.83 bits per heavy atom. The van der Waals surface area contributed by atoms with Gasteiger partial charge in [0.15, 0.2) is 0 Å². The Kier molecular flexibility index (Phi) is 3.01. The summed E-state index contributed by atoms with van der Waals surface area (Å²) in [4.78, 5) is 0. The minimum Gasteiger partial charge on any atom is -0.496 e. The lowest BCUT2D eigenvalue weighted by Crippen LogP contribution is -1.89. The molecular weight excluding hydrogens is 170 g/mol. The molecule has 0 bridgehead atoms. The van der Waals surface area contributed by atoms with Crippen molar-refractivity contribution in [3.8, 4) is 11.8 Å². The molecule has 0 fully saturated rings. The van der Waals surface area contributed by atoms with Crippen LogP contribution in [0.15, 0.2) is 18.2 Å². The molecule has 0 saturated carbocycles. The molecule has 0 aromatic heterocycles. The number of ether oxygens (including phenoxy) is 1. The van der Waals surface area contributed by atoms with E-state index in [1.165, 1.54) is 0 Å². The minimum absolute atomic E-state index is 0.582. The molecule has 3 heteroatoms. The first-order chi connectivity index (χ1) is 5.81. The highest BCUT2D eigenvalue weighted by Gasteiger charge is 2.01. The lowest BCUT2D eigenvalue weighted by molar-refractivity contribution is 0.411. The Morgan fingerprint density at radius 2 is 2.33 bits per heavy atom. The van der Waals surface area contributed by atoms with E-state index in [1.54, 1.807) is 25.3 Å². The van der Waals surface area contributed by atoms with Crippen LogP contribution in [0, 0.1) is 11.3 Å². The summed E-state index contributed by atoms with van der Waals surface area (Å²) in [5.74, 6) is 1.36. The van der Waals surface area contributed by atoms with E-state index in [0.717, 1.165) is 11.3 Å². The number of rotatable bonds is 2. The number of hydrogen-bond acceptors (Lipinski definition) is 3. The summed E-state index contributed by atoms with van der Waals surface area (Å²) in [6.45, 7) is 0. The second-order valence-corrected chi connectivity index (χ2v) is 2.61. The van der Waals surface area contributed by atoms with Crippen LogP contribution in [0.5, 0.6) is 5.75 Å². The quantitative estimate of drug-likeness (QED) is 0.704. The van der Waals surface area contributed by atoms with E-state index in [0.29, 0.717) is 11.3 Å². The maximum absolute atomic E-state index is 8.61. The highest BCUT2D eigenvalue weighted by Crippen LogP contribution is 2.20. The van der Waals surface area contributed by atoms with Crippen molar-refractivity contribution in [2.45, 2.75) is 5.75 Å². The van der Waals surface area contributed by atoms with Crippen molar-refractivity contribution < 1.29 is 4.74 Å². The van der Waals surface area contributed by atoms with Gasteiger partial charge in [0.1, 0.15) is 5.75 Å². The molecule has 2 nitrogen and oxygen atoms in total. The van der Waals surface area contributed by atoms with Crippen LogP contribution in [0.2, 0.25) is 0 Å². The zero-order valence-electron chi connectivity index (χ0n) is 6.74. The van der Waals surface area contributed by atoms with Gasteiger partial charge in [0.25, 0.3) is 0 Å². The van der Waals surface area contributed by atoms with E-state index in [4.69, 9.17) is 10.00 Å². The predicted octanol–water partition coefficient (Wildman–Crippen LogP) is 2.00. The largest absolute Gasteiger partial charge is 0.496 e. The second-order valence-electron chi connectivity index (χ2n) is 2.30. The molecule has 0 N–H and O–H groups in total. The van der Waals surface area contributed by atoms with Crippen molar-refractivity contribution in [3.05, 3.63) is 29.3 Å². The van der Waals surface area contributed by atoms with Gasteiger partial charge in [-0.3, -0.25) is 0 Å². The highest BCUT2D eigenvalue weighted by atomic mass is 32.1. The monoisotopic (exact) mass is 179 g/mol. The summed E-state index contributed by atoms with van der Waals surface area (Å²) < 4.78 is 5.08. The fraction of sp³-hybridized carbons (Fsp3) is 0.222. The normalized spacial score (nSPS) is 9.08. The fourth-order valence-electron chi connectivity index (χ4n) is 0.972. The van der Waals surface area contributed by atoms with Crippen LogP contribution in [0.3, 0.4) is 0 Å². The first kappa shape index (κ1) is 8.95. The summed E-state index contributed by atoms with van der Waals surface area (Å²) in [7, 11) is 1.61. The number of hydrogen-bond donors (Lipinski definition) is 1. The van der Waals surface area contributed by atoms with E-state index in [9.17, 15) is 0 Å². The van der Waals surface area contributed by atoms with Crippen molar-refractivity contribution in [1.82, 2.24) is 0 Å². The van der Waals surface area contributed by atoms with Gasteiger partial charge in [-0.05, 0) is 18.2 Å². The highest BCUT2D eigenvalue weighted by molar-refractivity contribution is 7.79. The molecule has 0 aliphatic heterocycles. The molecule has 0 aliphatic carbocycles. The van der Waals surface area contributed by atoms with Crippen molar-refractivity contribution >= 4 is 12.6 Å². The third-order valence-corrected chi connectivity index (χ3v) is 1.92. The van der Waals surface area contributed by atoms with Gasteiger partial charge in [0, 0.05) is 11.3 Å². The van der Waals surface area contributed by atoms with Crippen LogP contribution >= 0.6 is 12.6 Å². The SMILES string of the molecule is COc1ccc(C#N)cc1CS. The zero-order valence-corrected chi connectivity index (χ0v) is 7.64. The lowest BCUT2D eigenvalue weighted by atomic mass is 10.1. The molecule has 1 rings (SSSR count). The molecule has 12 heavy (non-hydrogen) atoms. The Balaban J connectivity index is 3.13. The van der Waals surface area contributed by atoms with Gasteiger partial charge < -0.3 is 4.74 Å².